The molecular weight excluding hydrogens is 344 g/mol. The Morgan fingerprint density at radius 2 is 1.83 bits per heavy atom. The van der Waals surface area contributed by atoms with Crippen LogP contribution < -0.4 is 9.46 Å². The van der Waals surface area contributed by atoms with Gasteiger partial charge in [0.15, 0.2) is 0 Å². The number of hydrogen-bond donors (Lipinski definition) is 1. The maximum atomic E-state index is 12.4. The van der Waals surface area contributed by atoms with Gasteiger partial charge in [0, 0.05) is 0 Å². The SMILES string of the molecule is COc1cc([N+](=O)[O-])c(Cl)cc1NS(=O)(=O)c1ccc(C)cc1. The van der Waals surface area contributed by atoms with Gasteiger partial charge < -0.3 is 4.74 Å². The van der Waals surface area contributed by atoms with E-state index in [1.54, 1.807) is 12.1 Å². The van der Waals surface area contributed by atoms with E-state index in [1.807, 2.05) is 6.92 Å². The molecule has 122 valence electrons. The number of nitrogens with zero attached hydrogens (tertiary/aromatic N) is 1. The molecule has 0 unspecified atom stereocenters. The summed E-state index contributed by atoms with van der Waals surface area (Å²) in [6.07, 6.45) is 0. The molecule has 0 aliphatic heterocycles. The number of nitrogens with one attached hydrogen (secondary N) is 1. The van der Waals surface area contributed by atoms with Crippen molar-refractivity contribution in [2.24, 2.45) is 0 Å². The number of sulfonamides is 1. The largest absolute Gasteiger partial charge is 0.494 e. The van der Waals surface area contributed by atoms with Crippen molar-refractivity contribution < 1.29 is 18.1 Å². The van der Waals surface area contributed by atoms with E-state index in [-0.39, 0.29) is 27.0 Å². The second kappa shape index (κ2) is 6.43. The fraction of sp³-hybridized carbons (Fsp3) is 0.143. The van der Waals surface area contributed by atoms with Gasteiger partial charge in [0.25, 0.3) is 15.7 Å². The Balaban J connectivity index is 2.44. The molecule has 0 spiro atoms. The molecule has 0 aliphatic rings. The molecule has 2 aromatic carbocycles. The minimum absolute atomic E-state index is 0.00298. The van der Waals surface area contributed by atoms with Crippen LogP contribution in [0.15, 0.2) is 41.3 Å². The maximum absolute atomic E-state index is 12.4. The molecule has 0 heterocycles. The summed E-state index contributed by atoms with van der Waals surface area (Å²) in [5.41, 5.74) is 0.561. The predicted octanol–water partition coefficient (Wildman–Crippen LogP) is 3.37. The van der Waals surface area contributed by atoms with E-state index in [0.717, 1.165) is 17.7 Å². The first-order valence-electron chi connectivity index (χ1n) is 6.36. The van der Waals surface area contributed by atoms with Crippen LogP contribution in [0.3, 0.4) is 0 Å². The average molecular weight is 357 g/mol. The van der Waals surface area contributed by atoms with Gasteiger partial charge in [-0.15, -0.1) is 0 Å². The molecule has 0 amide bonds. The zero-order valence-corrected chi connectivity index (χ0v) is 13.8. The second-order valence-corrected chi connectivity index (χ2v) is 6.77. The molecule has 0 fully saturated rings. The van der Waals surface area contributed by atoms with E-state index in [2.05, 4.69) is 4.72 Å². The molecular formula is C14H13ClN2O5S. The number of rotatable bonds is 5. The Bertz CT molecular complexity index is 850. The number of aryl methyl sites for hydroxylation is 1. The molecule has 0 saturated heterocycles. The smallest absolute Gasteiger partial charge is 0.291 e. The Labute approximate surface area is 138 Å². The molecule has 0 bridgehead atoms. The summed E-state index contributed by atoms with van der Waals surface area (Å²) in [5, 5.41) is 10.7. The van der Waals surface area contributed by atoms with Gasteiger partial charge in [-0.05, 0) is 25.1 Å². The Morgan fingerprint density at radius 1 is 1.22 bits per heavy atom. The number of nitro benzene ring substituents is 1. The van der Waals surface area contributed by atoms with Crippen LogP contribution in [-0.4, -0.2) is 20.5 Å². The summed E-state index contributed by atoms with van der Waals surface area (Å²) in [4.78, 5) is 10.2. The van der Waals surface area contributed by atoms with E-state index in [0.29, 0.717) is 0 Å². The molecule has 23 heavy (non-hydrogen) atoms. The minimum Gasteiger partial charge on any atom is -0.494 e. The first-order chi connectivity index (χ1) is 10.7. The normalized spacial score (nSPS) is 11.1. The van der Waals surface area contributed by atoms with Crippen molar-refractivity contribution >= 4 is 33.0 Å². The van der Waals surface area contributed by atoms with Crippen molar-refractivity contribution in [2.75, 3.05) is 11.8 Å². The second-order valence-electron chi connectivity index (χ2n) is 4.68. The predicted molar refractivity (Wildman–Crippen MR) is 86.6 cm³/mol. The first-order valence-corrected chi connectivity index (χ1v) is 8.22. The van der Waals surface area contributed by atoms with E-state index in [1.165, 1.54) is 19.2 Å². The molecule has 0 saturated carbocycles. The maximum Gasteiger partial charge on any atom is 0.291 e. The molecule has 0 aliphatic carbocycles. The minimum atomic E-state index is -3.87. The van der Waals surface area contributed by atoms with Gasteiger partial charge >= 0.3 is 0 Å². The van der Waals surface area contributed by atoms with E-state index < -0.39 is 14.9 Å². The lowest BCUT2D eigenvalue weighted by atomic mass is 10.2. The van der Waals surface area contributed by atoms with E-state index >= 15 is 0 Å². The van der Waals surface area contributed by atoms with Gasteiger partial charge in [-0.25, -0.2) is 8.42 Å². The van der Waals surface area contributed by atoms with Crippen LogP contribution in [0.4, 0.5) is 11.4 Å². The highest BCUT2D eigenvalue weighted by Gasteiger charge is 2.21. The van der Waals surface area contributed by atoms with Crippen LogP contribution in [0.25, 0.3) is 0 Å². The number of halogens is 1. The summed E-state index contributed by atoms with van der Waals surface area (Å²) in [6, 6.07) is 8.44. The van der Waals surface area contributed by atoms with Gasteiger partial charge in [-0.1, -0.05) is 29.3 Å². The highest BCUT2D eigenvalue weighted by molar-refractivity contribution is 7.92. The molecule has 9 heteroatoms. The molecule has 2 rings (SSSR count). The molecule has 0 aromatic heterocycles. The summed E-state index contributed by atoms with van der Waals surface area (Å²) in [7, 11) is -2.60. The van der Waals surface area contributed by atoms with Gasteiger partial charge in [-0.2, -0.15) is 0 Å². The standard InChI is InChI=1S/C14H13ClN2O5S/c1-9-3-5-10(6-4-9)23(20,21)16-12-7-11(15)13(17(18)19)8-14(12)22-2/h3-8,16H,1-2H3. The lowest BCUT2D eigenvalue weighted by Gasteiger charge is -2.12. The van der Waals surface area contributed by atoms with Crippen LogP contribution in [0.2, 0.25) is 5.02 Å². The van der Waals surface area contributed by atoms with Crippen molar-refractivity contribution in [1.82, 2.24) is 0 Å². The molecule has 1 N–H and O–H groups in total. The summed E-state index contributed by atoms with van der Waals surface area (Å²) < 4.78 is 32.1. The van der Waals surface area contributed by atoms with Crippen LogP contribution in [0.1, 0.15) is 5.56 Å². The van der Waals surface area contributed by atoms with Crippen molar-refractivity contribution in [3.05, 3.63) is 57.1 Å². The lowest BCUT2D eigenvalue weighted by molar-refractivity contribution is -0.384. The van der Waals surface area contributed by atoms with Gasteiger partial charge in [0.1, 0.15) is 10.8 Å². The van der Waals surface area contributed by atoms with E-state index in [9.17, 15) is 18.5 Å². The third kappa shape index (κ3) is 3.72. The highest BCUT2D eigenvalue weighted by atomic mass is 35.5. The van der Waals surface area contributed by atoms with Crippen LogP contribution in [0.5, 0.6) is 5.75 Å². The summed E-state index contributed by atoms with van der Waals surface area (Å²) in [5.74, 6) is -0.00298. The van der Waals surface area contributed by atoms with Gasteiger partial charge in [-0.3, -0.25) is 14.8 Å². The number of hydrogen-bond acceptors (Lipinski definition) is 5. The van der Waals surface area contributed by atoms with Crippen LogP contribution in [0, 0.1) is 17.0 Å². The zero-order valence-electron chi connectivity index (χ0n) is 12.2. The molecule has 7 nitrogen and oxygen atoms in total. The van der Waals surface area contributed by atoms with Crippen LogP contribution in [-0.2, 0) is 10.0 Å². The number of anilines is 1. The highest BCUT2D eigenvalue weighted by Crippen LogP contribution is 2.36. The van der Waals surface area contributed by atoms with Crippen molar-refractivity contribution in [3.8, 4) is 5.75 Å². The monoisotopic (exact) mass is 356 g/mol. The number of ether oxygens (including phenoxy) is 1. The zero-order chi connectivity index (χ0) is 17.2. The topological polar surface area (TPSA) is 98.5 Å². The number of methoxy groups -OCH3 is 1. The van der Waals surface area contributed by atoms with Crippen LogP contribution >= 0.6 is 11.6 Å². The number of nitro groups is 1. The van der Waals surface area contributed by atoms with Gasteiger partial charge in [0.05, 0.1) is 28.7 Å². The molecule has 0 atom stereocenters. The Kier molecular flexibility index (Phi) is 4.76. The quantitative estimate of drug-likeness (QED) is 0.654. The molecule has 0 radical (unpaired) electrons. The van der Waals surface area contributed by atoms with Crippen molar-refractivity contribution in [1.29, 1.82) is 0 Å². The Morgan fingerprint density at radius 3 is 2.35 bits per heavy atom. The fourth-order valence-electron chi connectivity index (χ4n) is 1.85. The number of benzene rings is 2. The van der Waals surface area contributed by atoms with Gasteiger partial charge in [0.2, 0.25) is 0 Å². The summed E-state index contributed by atoms with van der Waals surface area (Å²) in [6.45, 7) is 1.84. The average Bonchev–Trinajstić information content (AvgIpc) is 2.47. The lowest BCUT2D eigenvalue weighted by Crippen LogP contribution is -2.13. The Hall–Kier alpha value is -2.32. The molecule has 2 aromatic rings. The third-order valence-corrected chi connectivity index (χ3v) is 4.73. The van der Waals surface area contributed by atoms with Crippen molar-refractivity contribution in [2.45, 2.75) is 11.8 Å². The first kappa shape index (κ1) is 17.0. The van der Waals surface area contributed by atoms with Crippen molar-refractivity contribution in [3.63, 3.8) is 0 Å². The fourth-order valence-corrected chi connectivity index (χ4v) is 3.15. The third-order valence-electron chi connectivity index (χ3n) is 3.04. The summed E-state index contributed by atoms with van der Waals surface area (Å²) >= 11 is 5.82. The van der Waals surface area contributed by atoms with E-state index in [4.69, 9.17) is 16.3 Å².